The number of hydrazine groups is 1. The van der Waals surface area contributed by atoms with Crippen LogP contribution < -0.4 is 5.43 Å². The van der Waals surface area contributed by atoms with E-state index in [0.717, 1.165) is 21.6 Å². The van der Waals surface area contributed by atoms with Crippen LogP contribution in [0.3, 0.4) is 0 Å². The molecule has 2 atom stereocenters. The van der Waals surface area contributed by atoms with E-state index in [-0.39, 0.29) is 23.8 Å². The molecule has 29 heavy (non-hydrogen) atoms. The highest BCUT2D eigenvalue weighted by molar-refractivity contribution is 9.11. The number of rotatable bonds is 9. The first-order valence-corrected chi connectivity index (χ1v) is 10.4. The van der Waals surface area contributed by atoms with Gasteiger partial charge >= 0.3 is 6.09 Å². The Kier molecular flexibility index (Phi) is 9.88. The summed E-state index contributed by atoms with van der Waals surface area (Å²) < 4.78 is 5.39. The minimum atomic E-state index is -0.674. The number of hydrogen-bond acceptors (Lipinski definition) is 4. The summed E-state index contributed by atoms with van der Waals surface area (Å²) in [6.45, 7) is 15.4. The van der Waals surface area contributed by atoms with Crippen LogP contribution in [0.1, 0.15) is 58.0 Å². The van der Waals surface area contributed by atoms with Crippen molar-refractivity contribution in [3.63, 3.8) is 0 Å². The van der Waals surface area contributed by atoms with Crippen molar-refractivity contribution in [2.24, 2.45) is 5.92 Å². The predicted molar refractivity (Wildman–Crippen MR) is 119 cm³/mol. The Morgan fingerprint density at radius 1 is 1.31 bits per heavy atom. The molecule has 0 fully saturated rings. The van der Waals surface area contributed by atoms with Gasteiger partial charge in [0.1, 0.15) is 5.82 Å². The highest BCUT2D eigenvalue weighted by atomic mass is 79.9. The monoisotopic (exact) mass is 466 g/mol. The molecule has 0 aromatic carbocycles. The van der Waals surface area contributed by atoms with E-state index in [2.05, 4.69) is 49.2 Å². The molecule has 1 aromatic heterocycles. The van der Waals surface area contributed by atoms with Gasteiger partial charge in [-0.2, -0.15) is 0 Å². The van der Waals surface area contributed by atoms with E-state index in [1.165, 1.54) is 12.1 Å². The molecule has 0 unspecified atom stereocenters. The van der Waals surface area contributed by atoms with Crippen LogP contribution in [0.2, 0.25) is 0 Å². The summed E-state index contributed by atoms with van der Waals surface area (Å²) in [5, 5.41) is 1.33. The van der Waals surface area contributed by atoms with E-state index in [4.69, 9.17) is 0 Å². The summed E-state index contributed by atoms with van der Waals surface area (Å²) in [5.41, 5.74) is 4.05. The van der Waals surface area contributed by atoms with Crippen LogP contribution in [0.4, 0.5) is 4.79 Å². The Bertz CT molecular complexity index is 770. The molecule has 1 heterocycles. The molecule has 0 bridgehead atoms. The first-order chi connectivity index (χ1) is 13.7. The number of allylic oxidation sites excluding steroid dienone is 4. The zero-order chi connectivity index (χ0) is 22.1. The third-order valence-corrected chi connectivity index (χ3v) is 4.86. The van der Waals surface area contributed by atoms with Crippen molar-refractivity contribution in [1.82, 2.24) is 20.4 Å². The highest BCUT2D eigenvalue weighted by Crippen LogP contribution is 2.31. The number of H-pyrrole nitrogens is 1. The lowest BCUT2D eigenvalue weighted by atomic mass is 9.86. The third-order valence-electron chi connectivity index (χ3n) is 4.59. The Morgan fingerprint density at radius 3 is 2.45 bits per heavy atom. The van der Waals surface area contributed by atoms with Gasteiger partial charge in [-0.15, -0.1) is 0 Å². The number of amides is 2. The van der Waals surface area contributed by atoms with Crippen LogP contribution in [0, 0.1) is 5.92 Å². The second-order valence-electron chi connectivity index (χ2n) is 6.92. The highest BCUT2D eigenvalue weighted by Gasteiger charge is 2.34. The van der Waals surface area contributed by atoms with Gasteiger partial charge in [-0.05, 0) is 38.3 Å². The van der Waals surface area contributed by atoms with Gasteiger partial charge in [-0.25, -0.2) is 20.2 Å². The quantitative estimate of drug-likeness (QED) is 0.399. The van der Waals surface area contributed by atoms with Crippen LogP contribution >= 0.6 is 15.9 Å². The summed E-state index contributed by atoms with van der Waals surface area (Å²) in [7, 11) is 1.26. The van der Waals surface area contributed by atoms with Crippen LogP contribution in [0.15, 0.2) is 36.0 Å². The number of aromatic amines is 1. The van der Waals surface area contributed by atoms with Gasteiger partial charge in [-0.3, -0.25) is 4.79 Å². The molecule has 160 valence electrons. The summed E-state index contributed by atoms with van der Waals surface area (Å²) in [6, 6.07) is -0.220. The lowest BCUT2D eigenvalue weighted by molar-refractivity contribution is -0.141. The molecule has 1 aromatic rings. The summed E-state index contributed by atoms with van der Waals surface area (Å²) in [4.78, 5) is 32.7. The van der Waals surface area contributed by atoms with Gasteiger partial charge in [-0.1, -0.05) is 49.0 Å². The lowest BCUT2D eigenvalue weighted by Crippen LogP contribution is -2.52. The minimum absolute atomic E-state index is 0.134. The second kappa shape index (κ2) is 11.6. The van der Waals surface area contributed by atoms with E-state index in [1.54, 1.807) is 12.3 Å². The number of methoxy groups -OCH3 is 1. The van der Waals surface area contributed by atoms with Crippen LogP contribution in [-0.2, 0) is 9.53 Å². The van der Waals surface area contributed by atoms with Gasteiger partial charge in [0.15, 0.2) is 0 Å². The van der Waals surface area contributed by atoms with E-state index in [1.807, 2.05) is 33.8 Å². The Hall–Kier alpha value is -2.35. The topological polar surface area (TPSA) is 87.3 Å². The standard InChI is InChI=1S/C21H31BrN4O3/c1-8-16(19-23-12-18(24-19)14(5)10-11-15(6)22)17(9-2)20(27)26(13(3)4)25-21(28)29-7/h10-13,16-17H,5-6,8-9H2,1-4,7H3,(H,23,24)(H,25,28)/b11-10-/t16-,17+/m1/s1. The van der Waals surface area contributed by atoms with Crippen LogP contribution in [0.5, 0.6) is 0 Å². The van der Waals surface area contributed by atoms with Crippen LogP contribution in [0.25, 0.3) is 5.57 Å². The van der Waals surface area contributed by atoms with Gasteiger partial charge in [0.2, 0.25) is 5.91 Å². The van der Waals surface area contributed by atoms with Crippen molar-refractivity contribution in [2.75, 3.05) is 7.11 Å². The first-order valence-electron chi connectivity index (χ1n) is 9.60. The van der Waals surface area contributed by atoms with Crippen molar-refractivity contribution in [2.45, 2.75) is 52.5 Å². The van der Waals surface area contributed by atoms with E-state index >= 15 is 0 Å². The minimum Gasteiger partial charge on any atom is -0.452 e. The molecule has 7 nitrogen and oxygen atoms in total. The lowest BCUT2D eigenvalue weighted by Gasteiger charge is -2.32. The van der Waals surface area contributed by atoms with E-state index < -0.39 is 6.09 Å². The number of halogens is 1. The fourth-order valence-corrected chi connectivity index (χ4v) is 3.16. The maximum Gasteiger partial charge on any atom is 0.425 e. The van der Waals surface area contributed by atoms with Gasteiger partial charge in [0.25, 0.3) is 0 Å². The average molecular weight is 467 g/mol. The number of nitrogens with zero attached hydrogens (tertiary/aromatic N) is 2. The maximum absolute atomic E-state index is 13.2. The van der Waals surface area contributed by atoms with Crippen molar-refractivity contribution in [3.05, 3.63) is 47.5 Å². The molecule has 2 N–H and O–H groups in total. The fraction of sp³-hybridized carbons (Fsp3) is 0.476. The van der Waals surface area contributed by atoms with Gasteiger partial charge < -0.3 is 9.72 Å². The molecule has 0 saturated heterocycles. The van der Waals surface area contributed by atoms with E-state index in [9.17, 15) is 9.59 Å². The Labute approximate surface area is 181 Å². The smallest absolute Gasteiger partial charge is 0.425 e. The number of aromatic nitrogens is 2. The number of carbonyl (C=O) groups excluding carboxylic acids is 2. The largest absolute Gasteiger partial charge is 0.452 e. The fourth-order valence-electron chi connectivity index (χ4n) is 3.03. The molecular formula is C21H31BrN4O3. The van der Waals surface area contributed by atoms with Crippen molar-refractivity contribution >= 4 is 33.5 Å². The zero-order valence-corrected chi connectivity index (χ0v) is 19.4. The number of imidazole rings is 1. The number of ether oxygens (including phenoxy) is 1. The van der Waals surface area contributed by atoms with E-state index in [0.29, 0.717) is 12.8 Å². The second-order valence-corrected chi connectivity index (χ2v) is 7.94. The molecule has 8 heteroatoms. The Morgan fingerprint density at radius 2 is 1.97 bits per heavy atom. The SMILES string of the molecule is C=C(Br)/C=C\C(=C)c1cnc([C@H](CC)[C@H](CC)C(=O)N(NC(=O)OC)C(C)C)[nH]1. The third kappa shape index (κ3) is 6.88. The zero-order valence-electron chi connectivity index (χ0n) is 17.8. The summed E-state index contributed by atoms with van der Waals surface area (Å²) in [5.74, 6) is 0.0539. The molecule has 0 aliphatic rings. The Balaban J connectivity index is 3.12. The van der Waals surface area contributed by atoms with Gasteiger partial charge in [0.05, 0.1) is 19.0 Å². The van der Waals surface area contributed by atoms with Gasteiger partial charge in [0, 0.05) is 22.4 Å². The average Bonchev–Trinajstić information content (AvgIpc) is 3.16. The molecule has 2 amide bonds. The van der Waals surface area contributed by atoms with Crippen molar-refractivity contribution in [3.8, 4) is 0 Å². The summed E-state index contributed by atoms with van der Waals surface area (Å²) >= 11 is 3.28. The number of carbonyl (C=O) groups is 2. The number of hydrogen-bond donors (Lipinski definition) is 2. The maximum atomic E-state index is 13.2. The van der Waals surface area contributed by atoms with Crippen LogP contribution in [-0.4, -0.2) is 40.1 Å². The number of nitrogens with one attached hydrogen (secondary N) is 2. The first kappa shape index (κ1) is 24.7. The predicted octanol–water partition coefficient (Wildman–Crippen LogP) is 4.92. The molecule has 0 radical (unpaired) electrons. The molecule has 0 spiro atoms. The molecular weight excluding hydrogens is 436 g/mol. The molecule has 0 aliphatic heterocycles. The normalized spacial score (nSPS) is 13.2. The molecule has 0 aliphatic carbocycles. The van der Waals surface area contributed by atoms with Crippen molar-refractivity contribution < 1.29 is 14.3 Å². The molecule has 0 saturated carbocycles. The van der Waals surface area contributed by atoms with Crippen molar-refractivity contribution in [1.29, 1.82) is 0 Å². The summed E-state index contributed by atoms with van der Waals surface area (Å²) in [6.07, 6.45) is 5.99. The molecule has 1 rings (SSSR count).